The van der Waals surface area contributed by atoms with E-state index in [1.54, 1.807) is 12.4 Å². The maximum atomic E-state index is 5.56. The van der Waals surface area contributed by atoms with Gasteiger partial charge >= 0.3 is 0 Å². The van der Waals surface area contributed by atoms with Crippen molar-refractivity contribution >= 4 is 5.82 Å². The Balaban J connectivity index is 1.47. The van der Waals surface area contributed by atoms with Crippen LogP contribution in [0.2, 0.25) is 0 Å². The molecular weight excluding hydrogens is 262 g/mol. The van der Waals surface area contributed by atoms with Crippen molar-refractivity contribution in [1.82, 2.24) is 19.8 Å². The molecular formula is C16H21N5. The van der Waals surface area contributed by atoms with Crippen molar-refractivity contribution in [2.24, 2.45) is 0 Å². The van der Waals surface area contributed by atoms with Gasteiger partial charge in [-0.15, -0.1) is 0 Å². The first-order chi connectivity index (χ1) is 10.3. The zero-order chi connectivity index (χ0) is 14.5. The average molecular weight is 283 g/mol. The SMILES string of the molecule is Nc1cnc(CN2CCN(Cc3ccccc3)CC2)cn1. The van der Waals surface area contributed by atoms with Crippen LogP contribution >= 0.6 is 0 Å². The average Bonchev–Trinajstić information content (AvgIpc) is 2.53. The Morgan fingerprint density at radius 1 is 0.857 bits per heavy atom. The van der Waals surface area contributed by atoms with Crippen LogP contribution in [0.25, 0.3) is 0 Å². The molecule has 0 atom stereocenters. The first-order valence-electron chi connectivity index (χ1n) is 7.34. The third-order valence-corrected chi connectivity index (χ3v) is 3.82. The van der Waals surface area contributed by atoms with Crippen molar-refractivity contribution in [1.29, 1.82) is 0 Å². The van der Waals surface area contributed by atoms with E-state index in [-0.39, 0.29) is 0 Å². The topological polar surface area (TPSA) is 58.3 Å². The van der Waals surface area contributed by atoms with Crippen LogP contribution in [0, 0.1) is 0 Å². The maximum Gasteiger partial charge on any atom is 0.141 e. The lowest BCUT2D eigenvalue weighted by molar-refractivity contribution is 0.121. The molecule has 0 saturated carbocycles. The highest BCUT2D eigenvalue weighted by atomic mass is 15.3. The second-order valence-electron chi connectivity index (χ2n) is 5.47. The van der Waals surface area contributed by atoms with Gasteiger partial charge in [-0.1, -0.05) is 30.3 Å². The molecule has 0 unspecified atom stereocenters. The Bertz CT molecular complexity index is 547. The van der Waals surface area contributed by atoms with Gasteiger partial charge in [-0.3, -0.25) is 14.8 Å². The number of hydrogen-bond acceptors (Lipinski definition) is 5. The van der Waals surface area contributed by atoms with Gasteiger partial charge in [0.1, 0.15) is 5.82 Å². The Morgan fingerprint density at radius 3 is 2.14 bits per heavy atom. The van der Waals surface area contributed by atoms with Crippen molar-refractivity contribution in [2.45, 2.75) is 13.1 Å². The van der Waals surface area contributed by atoms with Crippen molar-refractivity contribution < 1.29 is 0 Å². The number of rotatable bonds is 4. The molecule has 2 aromatic rings. The number of hydrogen-bond donors (Lipinski definition) is 1. The van der Waals surface area contributed by atoms with E-state index in [0.717, 1.165) is 45.0 Å². The van der Waals surface area contributed by atoms with Gasteiger partial charge in [-0.25, -0.2) is 4.98 Å². The standard InChI is InChI=1S/C16H21N5/c17-16-11-18-15(10-19-16)13-21-8-6-20(7-9-21)12-14-4-2-1-3-5-14/h1-5,10-11H,6-9,12-13H2,(H2,17,19). The van der Waals surface area contributed by atoms with E-state index in [1.807, 2.05) is 0 Å². The minimum absolute atomic E-state index is 0.478. The molecule has 2 heterocycles. The van der Waals surface area contributed by atoms with Gasteiger partial charge < -0.3 is 5.73 Å². The van der Waals surface area contributed by atoms with Gasteiger partial charge in [0.2, 0.25) is 0 Å². The fourth-order valence-electron chi connectivity index (χ4n) is 2.62. The Kier molecular flexibility index (Phi) is 4.43. The lowest BCUT2D eigenvalue weighted by Gasteiger charge is -2.34. The van der Waals surface area contributed by atoms with E-state index < -0.39 is 0 Å². The van der Waals surface area contributed by atoms with Crippen molar-refractivity contribution in [3.05, 3.63) is 54.0 Å². The number of benzene rings is 1. The Morgan fingerprint density at radius 2 is 1.52 bits per heavy atom. The monoisotopic (exact) mass is 283 g/mol. The van der Waals surface area contributed by atoms with Crippen LogP contribution in [-0.4, -0.2) is 45.9 Å². The summed E-state index contributed by atoms with van der Waals surface area (Å²) in [7, 11) is 0. The maximum absolute atomic E-state index is 5.56. The van der Waals surface area contributed by atoms with E-state index >= 15 is 0 Å². The molecule has 110 valence electrons. The van der Waals surface area contributed by atoms with Crippen LogP contribution in [0.5, 0.6) is 0 Å². The Hall–Kier alpha value is -1.98. The summed E-state index contributed by atoms with van der Waals surface area (Å²) in [6.07, 6.45) is 3.40. The van der Waals surface area contributed by atoms with Crippen molar-refractivity contribution in [3.8, 4) is 0 Å². The number of nitrogen functional groups attached to an aromatic ring is 1. The van der Waals surface area contributed by atoms with E-state index in [1.165, 1.54) is 5.56 Å². The summed E-state index contributed by atoms with van der Waals surface area (Å²) in [5.74, 6) is 0.478. The minimum atomic E-state index is 0.478. The summed E-state index contributed by atoms with van der Waals surface area (Å²) in [6, 6.07) is 10.7. The molecule has 1 aliphatic rings. The summed E-state index contributed by atoms with van der Waals surface area (Å²) >= 11 is 0. The molecule has 1 fully saturated rings. The number of aromatic nitrogens is 2. The molecule has 1 aliphatic heterocycles. The predicted octanol–water partition coefficient (Wildman–Crippen LogP) is 1.38. The third-order valence-electron chi connectivity index (χ3n) is 3.82. The van der Waals surface area contributed by atoms with Gasteiger partial charge in [0.05, 0.1) is 18.1 Å². The lowest BCUT2D eigenvalue weighted by Crippen LogP contribution is -2.45. The molecule has 21 heavy (non-hydrogen) atoms. The van der Waals surface area contributed by atoms with E-state index in [4.69, 9.17) is 5.73 Å². The van der Waals surface area contributed by atoms with Crippen LogP contribution in [0.4, 0.5) is 5.82 Å². The summed E-state index contributed by atoms with van der Waals surface area (Å²) in [5, 5.41) is 0. The molecule has 0 bridgehead atoms. The molecule has 0 radical (unpaired) electrons. The second-order valence-corrected chi connectivity index (χ2v) is 5.47. The highest BCUT2D eigenvalue weighted by molar-refractivity contribution is 5.22. The smallest absolute Gasteiger partial charge is 0.141 e. The molecule has 0 spiro atoms. The van der Waals surface area contributed by atoms with Crippen molar-refractivity contribution in [3.63, 3.8) is 0 Å². The summed E-state index contributed by atoms with van der Waals surface area (Å²) in [4.78, 5) is 13.3. The van der Waals surface area contributed by atoms with Crippen LogP contribution in [0.3, 0.4) is 0 Å². The van der Waals surface area contributed by atoms with Crippen LogP contribution in [0.1, 0.15) is 11.3 Å². The number of anilines is 1. The lowest BCUT2D eigenvalue weighted by atomic mass is 10.2. The molecule has 2 N–H and O–H groups in total. The number of piperazine rings is 1. The summed E-state index contributed by atoms with van der Waals surface area (Å²) in [6.45, 7) is 6.22. The molecule has 0 amide bonds. The first kappa shape index (κ1) is 14.0. The molecule has 3 rings (SSSR count). The molecule has 0 aliphatic carbocycles. The Labute approximate surface area is 125 Å². The van der Waals surface area contributed by atoms with Crippen LogP contribution < -0.4 is 5.73 Å². The predicted molar refractivity (Wildman–Crippen MR) is 83.4 cm³/mol. The van der Waals surface area contributed by atoms with Gasteiger partial charge in [-0.05, 0) is 5.56 Å². The summed E-state index contributed by atoms with van der Waals surface area (Å²) in [5.41, 5.74) is 7.93. The van der Waals surface area contributed by atoms with Gasteiger partial charge in [-0.2, -0.15) is 0 Å². The highest BCUT2D eigenvalue weighted by Gasteiger charge is 2.17. The van der Waals surface area contributed by atoms with Crippen LogP contribution in [0.15, 0.2) is 42.7 Å². The van der Waals surface area contributed by atoms with E-state index in [0.29, 0.717) is 5.82 Å². The quantitative estimate of drug-likeness (QED) is 0.918. The normalized spacial score (nSPS) is 17.0. The van der Waals surface area contributed by atoms with E-state index in [2.05, 4.69) is 50.1 Å². The van der Waals surface area contributed by atoms with Crippen LogP contribution in [-0.2, 0) is 13.1 Å². The van der Waals surface area contributed by atoms with Gasteiger partial charge in [0, 0.05) is 39.3 Å². The largest absolute Gasteiger partial charge is 0.382 e. The molecule has 1 saturated heterocycles. The molecule has 1 aromatic heterocycles. The highest BCUT2D eigenvalue weighted by Crippen LogP contribution is 2.10. The molecule has 5 heteroatoms. The summed E-state index contributed by atoms with van der Waals surface area (Å²) < 4.78 is 0. The van der Waals surface area contributed by atoms with Gasteiger partial charge in [0.25, 0.3) is 0 Å². The third kappa shape index (κ3) is 4.00. The number of nitrogens with two attached hydrogens (primary N) is 1. The molecule has 5 nitrogen and oxygen atoms in total. The van der Waals surface area contributed by atoms with Crippen molar-refractivity contribution in [2.75, 3.05) is 31.9 Å². The second kappa shape index (κ2) is 6.65. The number of nitrogens with zero attached hydrogens (tertiary/aromatic N) is 4. The fraction of sp³-hybridized carbons (Fsp3) is 0.375. The first-order valence-corrected chi connectivity index (χ1v) is 7.34. The minimum Gasteiger partial charge on any atom is -0.382 e. The molecule has 1 aromatic carbocycles. The zero-order valence-corrected chi connectivity index (χ0v) is 12.2. The van der Waals surface area contributed by atoms with Gasteiger partial charge in [0.15, 0.2) is 0 Å². The zero-order valence-electron chi connectivity index (χ0n) is 12.2. The fourth-order valence-corrected chi connectivity index (χ4v) is 2.62. The van der Waals surface area contributed by atoms with E-state index in [9.17, 15) is 0 Å².